The Morgan fingerprint density at radius 1 is 1.08 bits per heavy atom. The maximum Gasteiger partial charge on any atom is 0.237 e. The Hall–Kier alpha value is -2.80. The predicted octanol–water partition coefficient (Wildman–Crippen LogP) is 4.56. The van der Waals surface area contributed by atoms with E-state index in [4.69, 9.17) is 5.73 Å². The number of aryl methyl sites for hydroxylation is 1. The molecular formula is C30H37FN4O2. The van der Waals surface area contributed by atoms with Crippen molar-refractivity contribution in [2.24, 2.45) is 34.8 Å². The summed E-state index contributed by atoms with van der Waals surface area (Å²) in [6, 6.07) is 8.14. The Morgan fingerprint density at radius 3 is 2.59 bits per heavy atom. The summed E-state index contributed by atoms with van der Waals surface area (Å²) in [4.78, 5) is 30.8. The second-order valence-corrected chi connectivity index (χ2v) is 12.1. The summed E-state index contributed by atoms with van der Waals surface area (Å²) in [5.41, 5.74) is 9.32. The van der Waals surface area contributed by atoms with Gasteiger partial charge in [-0.1, -0.05) is 12.5 Å². The number of fused-ring (bicyclic) bond motifs is 1. The van der Waals surface area contributed by atoms with Gasteiger partial charge in [-0.2, -0.15) is 0 Å². The van der Waals surface area contributed by atoms with Crippen LogP contribution in [0.4, 0.5) is 10.1 Å². The van der Waals surface area contributed by atoms with Crippen molar-refractivity contribution in [3.63, 3.8) is 0 Å². The molecule has 4 fully saturated rings. The number of carbonyl (C=O) groups excluding carboxylic acids is 2. The van der Waals surface area contributed by atoms with Crippen LogP contribution in [0.1, 0.15) is 68.4 Å². The minimum Gasteiger partial charge on any atom is -0.354 e. The Balaban J connectivity index is 1.12. The summed E-state index contributed by atoms with van der Waals surface area (Å²) >= 11 is 0. The van der Waals surface area contributed by atoms with Gasteiger partial charge in [0.1, 0.15) is 5.82 Å². The molecule has 2 aromatic rings. The Morgan fingerprint density at radius 2 is 1.84 bits per heavy atom. The van der Waals surface area contributed by atoms with E-state index in [1.807, 2.05) is 18.2 Å². The first-order valence-electron chi connectivity index (χ1n) is 13.9. The average molecular weight is 505 g/mol. The monoisotopic (exact) mass is 504 g/mol. The molecular weight excluding hydrogens is 467 g/mol. The van der Waals surface area contributed by atoms with Crippen LogP contribution in [0.15, 0.2) is 42.7 Å². The predicted molar refractivity (Wildman–Crippen MR) is 140 cm³/mol. The molecule has 4 unspecified atom stereocenters. The molecule has 0 aliphatic heterocycles. The third kappa shape index (κ3) is 4.67. The molecule has 1 heterocycles. The van der Waals surface area contributed by atoms with Crippen molar-refractivity contribution < 1.29 is 14.0 Å². The molecule has 37 heavy (non-hydrogen) atoms. The number of nitrogens with one attached hydrogen (secondary N) is 2. The Kier molecular flexibility index (Phi) is 6.51. The van der Waals surface area contributed by atoms with Crippen LogP contribution in [0, 0.1) is 34.9 Å². The van der Waals surface area contributed by atoms with Crippen molar-refractivity contribution in [1.29, 1.82) is 0 Å². The quantitative estimate of drug-likeness (QED) is 0.503. The summed E-state index contributed by atoms with van der Waals surface area (Å²) in [6.45, 7) is 0.492. The van der Waals surface area contributed by atoms with Gasteiger partial charge in [-0.05, 0) is 110 Å². The fraction of sp³-hybridized carbons (Fsp3) is 0.567. The molecule has 1 aromatic heterocycles. The number of amides is 2. The standard InChI is InChI=1S/C30H37FN4O2/c31-23-6-5-19-3-1-2-4-20(25(19)13-23)17-34-28(36)27(32)26-21-11-18-12-22(26)16-30(14-18,15-21)29(37)35-24-7-9-33-10-8-24/h5-10,13,18,20-22,26-27H,1-4,11-12,14-17,32H2,(H,34,36)(H,33,35,37). The first-order chi connectivity index (χ1) is 17.9. The number of nitrogens with two attached hydrogens (primary N) is 1. The molecule has 5 aliphatic rings. The van der Waals surface area contributed by atoms with Crippen LogP contribution in [0.2, 0.25) is 0 Å². The highest BCUT2D eigenvalue weighted by Gasteiger charge is 2.60. The van der Waals surface area contributed by atoms with Crippen molar-refractivity contribution in [1.82, 2.24) is 10.3 Å². The van der Waals surface area contributed by atoms with Gasteiger partial charge in [0.15, 0.2) is 0 Å². The van der Waals surface area contributed by atoms with E-state index in [0.29, 0.717) is 24.3 Å². The number of hydrogen-bond acceptors (Lipinski definition) is 4. The van der Waals surface area contributed by atoms with E-state index in [0.717, 1.165) is 69.0 Å². The average Bonchev–Trinajstić information content (AvgIpc) is 3.08. The third-order valence-corrected chi connectivity index (χ3v) is 9.80. The van der Waals surface area contributed by atoms with Crippen molar-refractivity contribution >= 4 is 17.5 Å². The lowest BCUT2D eigenvalue weighted by Gasteiger charge is -2.60. The van der Waals surface area contributed by atoms with E-state index in [-0.39, 0.29) is 34.9 Å². The van der Waals surface area contributed by atoms with Crippen LogP contribution in [0.3, 0.4) is 0 Å². The first-order valence-corrected chi connectivity index (χ1v) is 13.9. The van der Waals surface area contributed by atoms with Crippen LogP contribution >= 0.6 is 0 Å². The highest BCUT2D eigenvalue weighted by atomic mass is 19.1. The summed E-state index contributed by atoms with van der Waals surface area (Å²) in [7, 11) is 0. The van der Waals surface area contributed by atoms with Gasteiger partial charge in [0.2, 0.25) is 11.8 Å². The van der Waals surface area contributed by atoms with Crippen molar-refractivity contribution in [2.75, 3.05) is 11.9 Å². The van der Waals surface area contributed by atoms with E-state index in [1.165, 1.54) is 11.6 Å². The van der Waals surface area contributed by atoms with E-state index in [9.17, 15) is 14.0 Å². The highest BCUT2D eigenvalue weighted by molar-refractivity contribution is 5.95. The number of anilines is 1. The topological polar surface area (TPSA) is 97.1 Å². The molecule has 196 valence electrons. The van der Waals surface area contributed by atoms with Crippen molar-refractivity contribution in [3.8, 4) is 0 Å². The van der Waals surface area contributed by atoms with E-state index in [1.54, 1.807) is 18.5 Å². The molecule has 4 atom stereocenters. The molecule has 0 spiro atoms. The molecule has 0 radical (unpaired) electrons. The zero-order valence-electron chi connectivity index (χ0n) is 21.3. The van der Waals surface area contributed by atoms with Crippen molar-refractivity contribution in [3.05, 3.63) is 59.7 Å². The Labute approximate surface area is 218 Å². The lowest BCUT2D eigenvalue weighted by molar-refractivity contribution is -0.151. The lowest BCUT2D eigenvalue weighted by Crippen LogP contribution is -2.61. The fourth-order valence-corrected chi connectivity index (χ4v) is 8.39. The SMILES string of the molecule is NC(C(=O)NCC1CCCCc2ccc(F)cc21)C1C2CC3CC1CC(C(=O)Nc1ccncc1)(C3)C2. The van der Waals surface area contributed by atoms with Gasteiger partial charge in [0, 0.05) is 30.5 Å². The molecule has 1 aromatic carbocycles. The number of halogens is 1. The van der Waals surface area contributed by atoms with Crippen LogP contribution in [0.25, 0.3) is 0 Å². The third-order valence-electron chi connectivity index (χ3n) is 9.80. The number of carbonyl (C=O) groups is 2. The van der Waals surface area contributed by atoms with Crippen molar-refractivity contribution in [2.45, 2.75) is 69.7 Å². The van der Waals surface area contributed by atoms with E-state index >= 15 is 0 Å². The van der Waals surface area contributed by atoms with Crippen LogP contribution in [-0.2, 0) is 16.0 Å². The molecule has 5 aliphatic carbocycles. The molecule has 7 heteroatoms. The molecule has 6 nitrogen and oxygen atoms in total. The molecule has 0 saturated heterocycles. The van der Waals surface area contributed by atoms with Crippen LogP contribution in [-0.4, -0.2) is 29.4 Å². The molecule has 4 saturated carbocycles. The first kappa shape index (κ1) is 24.5. The molecule has 7 rings (SSSR count). The zero-order chi connectivity index (χ0) is 25.6. The maximum atomic E-state index is 14.0. The van der Waals surface area contributed by atoms with Gasteiger partial charge in [0.05, 0.1) is 11.5 Å². The molecule has 4 N–H and O–H groups in total. The number of pyridine rings is 1. The molecule has 2 amide bonds. The van der Waals surface area contributed by atoms with Gasteiger partial charge in [-0.3, -0.25) is 14.6 Å². The summed E-state index contributed by atoms with van der Waals surface area (Å²) in [5, 5.41) is 6.27. The summed E-state index contributed by atoms with van der Waals surface area (Å²) in [6.07, 6.45) is 12.1. The number of hydrogen-bond donors (Lipinski definition) is 3. The largest absolute Gasteiger partial charge is 0.354 e. The van der Waals surface area contributed by atoms with Crippen LogP contribution < -0.4 is 16.4 Å². The van der Waals surface area contributed by atoms with Gasteiger partial charge in [-0.15, -0.1) is 0 Å². The van der Waals surface area contributed by atoms with Gasteiger partial charge < -0.3 is 16.4 Å². The second-order valence-electron chi connectivity index (χ2n) is 12.1. The minimum atomic E-state index is -0.576. The number of aromatic nitrogens is 1. The van der Waals surface area contributed by atoms with E-state index < -0.39 is 6.04 Å². The summed E-state index contributed by atoms with van der Waals surface area (Å²) < 4.78 is 14.0. The Bertz CT molecular complexity index is 1160. The number of nitrogens with zero attached hydrogens (tertiary/aromatic N) is 1. The fourth-order valence-electron chi connectivity index (χ4n) is 8.39. The number of benzene rings is 1. The van der Waals surface area contributed by atoms with Gasteiger partial charge in [0.25, 0.3) is 0 Å². The lowest BCUT2D eigenvalue weighted by atomic mass is 9.45. The van der Waals surface area contributed by atoms with E-state index in [2.05, 4.69) is 15.6 Å². The smallest absolute Gasteiger partial charge is 0.237 e. The molecule has 4 bridgehead atoms. The van der Waals surface area contributed by atoms with Crippen LogP contribution in [0.5, 0.6) is 0 Å². The van der Waals surface area contributed by atoms with Gasteiger partial charge in [-0.25, -0.2) is 4.39 Å². The summed E-state index contributed by atoms with van der Waals surface area (Å²) in [5.74, 6) is 1.13. The minimum absolute atomic E-state index is 0.102. The zero-order valence-corrected chi connectivity index (χ0v) is 21.3. The number of rotatable bonds is 6. The van der Waals surface area contributed by atoms with Gasteiger partial charge >= 0.3 is 0 Å². The maximum absolute atomic E-state index is 14.0. The highest BCUT2D eigenvalue weighted by Crippen LogP contribution is 2.63. The second kappa shape index (κ2) is 9.82. The normalized spacial score (nSPS) is 32.8.